The standard InChI is InChI=1S/C20H28N6O/c1-20(2)6-10-24(13-20)19(27)14-11-25(12-14)18-15-3-7-21-8-4-16(15)23-17-5-9-22-26(17)18/h5,9,14,21H,3-4,6-8,10-13H2,1-2H3. The average molecular weight is 368 g/mol. The lowest BCUT2D eigenvalue weighted by Gasteiger charge is -2.42. The van der Waals surface area contributed by atoms with Crippen molar-refractivity contribution in [2.45, 2.75) is 33.1 Å². The van der Waals surface area contributed by atoms with Crippen LogP contribution in [0, 0.1) is 11.3 Å². The maximum Gasteiger partial charge on any atom is 0.229 e. The minimum Gasteiger partial charge on any atom is -0.354 e. The Morgan fingerprint density at radius 3 is 2.85 bits per heavy atom. The van der Waals surface area contributed by atoms with Gasteiger partial charge in [-0.3, -0.25) is 4.79 Å². The molecule has 0 bridgehead atoms. The SMILES string of the molecule is CC1(C)CCN(C(=O)C2CN(c3c4c(nc5ccnn35)CCNCC4)C2)C1. The van der Waals surface area contributed by atoms with Gasteiger partial charge >= 0.3 is 0 Å². The third kappa shape index (κ3) is 2.88. The summed E-state index contributed by atoms with van der Waals surface area (Å²) in [7, 11) is 0. The van der Waals surface area contributed by atoms with Gasteiger partial charge in [0.15, 0.2) is 5.65 Å². The number of nitrogens with one attached hydrogen (secondary N) is 1. The summed E-state index contributed by atoms with van der Waals surface area (Å²) in [5.41, 5.74) is 3.64. The van der Waals surface area contributed by atoms with E-state index in [1.165, 1.54) is 11.3 Å². The van der Waals surface area contributed by atoms with Crippen LogP contribution in [0.5, 0.6) is 0 Å². The molecule has 2 aromatic heterocycles. The molecule has 0 aliphatic carbocycles. The van der Waals surface area contributed by atoms with Crippen LogP contribution in [0.4, 0.5) is 5.82 Å². The van der Waals surface area contributed by atoms with Crippen LogP contribution < -0.4 is 10.2 Å². The topological polar surface area (TPSA) is 65.8 Å². The summed E-state index contributed by atoms with van der Waals surface area (Å²) in [5.74, 6) is 1.59. The monoisotopic (exact) mass is 368 g/mol. The molecule has 0 unspecified atom stereocenters. The fourth-order valence-corrected chi connectivity index (χ4v) is 4.71. The van der Waals surface area contributed by atoms with Crippen LogP contribution in [0.2, 0.25) is 0 Å². The average Bonchev–Trinajstić information content (AvgIpc) is 3.12. The van der Waals surface area contributed by atoms with E-state index >= 15 is 0 Å². The molecular formula is C20H28N6O. The molecule has 3 aliphatic rings. The Morgan fingerprint density at radius 2 is 2.07 bits per heavy atom. The Labute approximate surface area is 159 Å². The van der Waals surface area contributed by atoms with E-state index < -0.39 is 0 Å². The first-order valence-corrected chi connectivity index (χ1v) is 10.1. The van der Waals surface area contributed by atoms with Gasteiger partial charge in [0, 0.05) is 50.8 Å². The summed E-state index contributed by atoms with van der Waals surface area (Å²) >= 11 is 0. The minimum atomic E-state index is 0.109. The summed E-state index contributed by atoms with van der Waals surface area (Å²) in [6, 6.07) is 1.97. The summed E-state index contributed by atoms with van der Waals surface area (Å²) in [6.07, 6.45) is 4.83. The maximum atomic E-state index is 12.9. The Bertz CT molecular complexity index is 882. The molecule has 0 saturated carbocycles. The van der Waals surface area contributed by atoms with Crippen molar-refractivity contribution in [1.29, 1.82) is 0 Å². The van der Waals surface area contributed by atoms with Crippen LogP contribution in [-0.4, -0.2) is 64.7 Å². The highest BCUT2D eigenvalue weighted by Gasteiger charge is 2.41. The van der Waals surface area contributed by atoms with E-state index in [1.807, 2.05) is 16.8 Å². The molecule has 1 N–H and O–H groups in total. The van der Waals surface area contributed by atoms with Crippen LogP contribution in [0.15, 0.2) is 12.3 Å². The molecule has 5 heterocycles. The molecule has 5 rings (SSSR count). The zero-order valence-electron chi connectivity index (χ0n) is 16.2. The second-order valence-corrected chi connectivity index (χ2v) is 8.99. The van der Waals surface area contributed by atoms with Gasteiger partial charge in [-0.2, -0.15) is 9.61 Å². The van der Waals surface area contributed by atoms with Crippen molar-refractivity contribution >= 4 is 17.4 Å². The van der Waals surface area contributed by atoms with E-state index in [9.17, 15) is 4.79 Å². The highest BCUT2D eigenvalue weighted by atomic mass is 16.2. The number of fused-ring (bicyclic) bond motifs is 2. The summed E-state index contributed by atoms with van der Waals surface area (Å²) < 4.78 is 1.96. The van der Waals surface area contributed by atoms with Crippen LogP contribution in [0.3, 0.4) is 0 Å². The molecule has 0 spiro atoms. The molecule has 7 heteroatoms. The Balaban J connectivity index is 1.39. The van der Waals surface area contributed by atoms with Crippen LogP contribution in [-0.2, 0) is 17.6 Å². The number of amides is 1. The molecular weight excluding hydrogens is 340 g/mol. The number of carbonyl (C=O) groups excluding carboxylic acids is 1. The van der Waals surface area contributed by atoms with E-state index in [1.54, 1.807) is 0 Å². The predicted molar refractivity (Wildman–Crippen MR) is 104 cm³/mol. The summed E-state index contributed by atoms with van der Waals surface area (Å²) in [5, 5.41) is 7.99. The molecule has 2 aromatic rings. The number of hydrogen-bond donors (Lipinski definition) is 1. The van der Waals surface area contributed by atoms with Crippen LogP contribution in [0.1, 0.15) is 31.5 Å². The molecule has 0 aromatic carbocycles. The molecule has 0 atom stereocenters. The van der Waals surface area contributed by atoms with Gasteiger partial charge in [0.25, 0.3) is 0 Å². The van der Waals surface area contributed by atoms with Gasteiger partial charge in [0.1, 0.15) is 5.82 Å². The highest BCUT2D eigenvalue weighted by Crippen LogP contribution is 2.34. The molecule has 0 radical (unpaired) electrons. The normalized spacial score (nSPS) is 22.6. The van der Waals surface area contributed by atoms with Gasteiger partial charge in [-0.25, -0.2) is 4.98 Å². The van der Waals surface area contributed by atoms with E-state index in [4.69, 9.17) is 4.98 Å². The van der Waals surface area contributed by atoms with Crippen molar-refractivity contribution < 1.29 is 4.79 Å². The molecule has 1 amide bonds. The Morgan fingerprint density at radius 1 is 1.26 bits per heavy atom. The second kappa shape index (κ2) is 6.19. The third-order valence-corrected chi connectivity index (χ3v) is 6.30. The number of aromatic nitrogens is 3. The lowest BCUT2D eigenvalue weighted by atomic mass is 9.93. The molecule has 27 heavy (non-hydrogen) atoms. The number of anilines is 1. The largest absolute Gasteiger partial charge is 0.354 e. The van der Waals surface area contributed by atoms with Gasteiger partial charge < -0.3 is 15.1 Å². The first-order chi connectivity index (χ1) is 13.0. The molecule has 144 valence electrons. The lowest BCUT2D eigenvalue weighted by Crippen LogP contribution is -2.55. The lowest BCUT2D eigenvalue weighted by molar-refractivity contribution is -0.135. The summed E-state index contributed by atoms with van der Waals surface area (Å²) in [6.45, 7) is 9.81. The van der Waals surface area contributed by atoms with Crippen molar-refractivity contribution in [3.8, 4) is 0 Å². The quantitative estimate of drug-likeness (QED) is 0.860. The number of carbonyl (C=O) groups is 1. The number of likely N-dealkylation sites (tertiary alicyclic amines) is 1. The van der Waals surface area contributed by atoms with Gasteiger partial charge in [-0.15, -0.1) is 0 Å². The number of nitrogens with zero attached hydrogens (tertiary/aromatic N) is 5. The first-order valence-electron chi connectivity index (χ1n) is 10.1. The van der Waals surface area contributed by atoms with Gasteiger partial charge in [-0.1, -0.05) is 13.8 Å². The van der Waals surface area contributed by atoms with Crippen LogP contribution in [0.25, 0.3) is 5.65 Å². The maximum absolute atomic E-state index is 12.9. The van der Waals surface area contributed by atoms with Crippen molar-refractivity contribution in [2.24, 2.45) is 11.3 Å². The fraction of sp³-hybridized carbons (Fsp3) is 0.650. The molecule has 3 aliphatic heterocycles. The van der Waals surface area contributed by atoms with E-state index in [2.05, 4.69) is 34.1 Å². The van der Waals surface area contributed by atoms with Gasteiger partial charge in [0.05, 0.1) is 17.8 Å². The van der Waals surface area contributed by atoms with Crippen molar-refractivity contribution in [3.05, 3.63) is 23.5 Å². The zero-order chi connectivity index (χ0) is 18.6. The Kier molecular flexibility index (Phi) is 3.89. The second-order valence-electron chi connectivity index (χ2n) is 8.99. The van der Waals surface area contributed by atoms with E-state index in [0.29, 0.717) is 5.91 Å². The minimum absolute atomic E-state index is 0.109. The highest BCUT2D eigenvalue weighted by molar-refractivity contribution is 5.82. The van der Waals surface area contributed by atoms with Gasteiger partial charge in [0.2, 0.25) is 5.91 Å². The van der Waals surface area contributed by atoms with Crippen molar-refractivity contribution in [3.63, 3.8) is 0 Å². The van der Waals surface area contributed by atoms with Crippen LogP contribution >= 0.6 is 0 Å². The Hall–Kier alpha value is -2.15. The first kappa shape index (κ1) is 17.0. The number of rotatable bonds is 2. The van der Waals surface area contributed by atoms with Gasteiger partial charge in [-0.05, 0) is 24.8 Å². The van der Waals surface area contributed by atoms with Crippen molar-refractivity contribution in [2.75, 3.05) is 44.2 Å². The smallest absolute Gasteiger partial charge is 0.229 e. The predicted octanol–water partition coefficient (Wildman–Crippen LogP) is 1.11. The summed E-state index contributed by atoms with van der Waals surface area (Å²) in [4.78, 5) is 22.1. The molecule has 2 fully saturated rings. The molecule has 7 nitrogen and oxygen atoms in total. The van der Waals surface area contributed by atoms with E-state index in [-0.39, 0.29) is 11.3 Å². The van der Waals surface area contributed by atoms with Crippen molar-refractivity contribution in [1.82, 2.24) is 24.8 Å². The van der Waals surface area contributed by atoms with E-state index in [0.717, 1.165) is 70.0 Å². The fourth-order valence-electron chi connectivity index (χ4n) is 4.71. The molecule has 2 saturated heterocycles. The third-order valence-electron chi connectivity index (χ3n) is 6.30. The number of hydrogen-bond acceptors (Lipinski definition) is 5. The zero-order valence-corrected chi connectivity index (χ0v) is 16.2.